The Morgan fingerprint density at radius 2 is 1.03 bits per heavy atom. The first-order valence-corrected chi connectivity index (χ1v) is 9.80. The van der Waals surface area contributed by atoms with E-state index in [9.17, 15) is 27.2 Å². The van der Waals surface area contributed by atoms with Crippen LogP contribution in [0.25, 0.3) is 0 Å². The van der Waals surface area contributed by atoms with Crippen LogP contribution < -0.4 is 9.80 Å². The molecule has 2 aromatic rings. The molecule has 4 rings (SSSR count). The number of hydrogen-bond donors (Lipinski definition) is 0. The molecular formula is C22H20F4N2O2. The van der Waals surface area contributed by atoms with Crippen molar-refractivity contribution < 1.29 is 27.2 Å². The number of benzene rings is 2. The van der Waals surface area contributed by atoms with E-state index < -0.39 is 23.7 Å². The first kappa shape index (κ1) is 20.4. The van der Waals surface area contributed by atoms with E-state index in [4.69, 9.17) is 0 Å². The van der Waals surface area contributed by atoms with E-state index in [1.165, 1.54) is 12.1 Å². The number of anilines is 2. The van der Waals surface area contributed by atoms with Crippen LogP contribution in [-0.2, 0) is 22.4 Å². The molecule has 0 radical (unpaired) electrons. The molecule has 0 aliphatic carbocycles. The van der Waals surface area contributed by atoms with E-state index in [2.05, 4.69) is 0 Å². The molecule has 0 aromatic heterocycles. The lowest BCUT2D eigenvalue weighted by molar-refractivity contribution is -0.207. The van der Waals surface area contributed by atoms with Gasteiger partial charge in [-0.05, 0) is 48.9 Å². The molecule has 0 spiro atoms. The Morgan fingerprint density at radius 3 is 1.43 bits per heavy atom. The van der Waals surface area contributed by atoms with Gasteiger partial charge in [0, 0.05) is 24.5 Å². The minimum Gasteiger partial charge on any atom is -0.307 e. The highest BCUT2D eigenvalue weighted by atomic mass is 19.3. The standard InChI is InChI=1S/C22H20F4N2O2/c23-21(24,19(29)27-13-5-9-15-7-1-3-11-17(15)27)22(25,26)20(30)28-14-6-10-16-8-2-4-12-18(16)28/h1-4,7-8,11-12H,5-6,9-10,13-14H2. The number of rotatable bonds is 3. The lowest BCUT2D eigenvalue weighted by Gasteiger charge is -2.37. The number of alkyl halides is 4. The van der Waals surface area contributed by atoms with Crippen LogP contribution in [0, 0.1) is 0 Å². The maximum absolute atomic E-state index is 14.9. The number of fused-ring (bicyclic) bond motifs is 2. The van der Waals surface area contributed by atoms with Gasteiger partial charge in [-0.3, -0.25) is 9.59 Å². The van der Waals surface area contributed by atoms with Crippen LogP contribution in [0.5, 0.6) is 0 Å². The molecule has 0 bridgehead atoms. The summed E-state index contributed by atoms with van der Waals surface area (Å²) in [6.07, 6.45) is 1.87. The SMILES string of the molecule is O=C(N1CCCc2ccccc21)C(F)(F)C(F)(F)C(=O)N1CCCc2ccccc21. The number of nitrogens with zero attached hydrogens (tertiary/aromatic N) is 2. The van der Waals surface area contributed by atoms with Gasteiger partial charge in [-0.15, -0.1) is 0 Å². The third-order valence-electron chi connectivity index (χ3n) is 5.64. The molecule has 4 nitrogen and oxygen atoms in total. The zero-order chi connectivity index (χ0) is 21.5. The Labute approximate surface area is 171 Å². The summed E-state index contributed by atoms with van der Waals surface area (Å²) in [5.74, 6) is -14.5. The normalized spacial score (nSPS) is 16.7. The first-order chi connectivity index (χ1) is 14.2. The summed E-state index contributed by atoms with van der Waals surface area (Å²) in [4.78, 5) is 26.5. The molecule has 0 unspecified atom stereocenters. The summed E-state index contributed by atoms with van der Waals surface area (Å²) >= 11 is 0. The molecule has 2 aromatic carbocycles. The molecule has 0 saturated heterocycles. The summed E-state index contributed by atoms with van der Waals surface area (Å²) in [6.45, 7) is -0.218. The van der Waals surface area contributed by atoms with Gasteiger partial charge in [-0.2, -0.15) is 17.6 Å². The molecule has 2 heterocycles. The fourth-order valence-corrected chi connectivity index (χ4v) is 4.10. The van der Waals surface area contributed by atoms with Crippen LogP contribution in [0.2, 0.25) is 0 Å². The number of carbonyl (C=O) groups is 2. The van der Waals surface area contributed by atoms with Gasteiger partial charge in [0.15, 0.2) is 0 Å². The van der Waals surface area contributed by atoms with E-state index in [-0.39, 0.29) is 24.5 Å². The smallest absolute Gasteiger partial charge is 0.307 e. The summed E-state index contributed by atoms with van der Waals surface area (Å²) in [5, 5.41) is 0. The third-order valence-corrected chi connectivity index (χ3v) is 5.64. The van der Waals surface area contributed by atoms with Crippen LogP contribution in [-0.4, -0.2) is 36.7 Å². The minimum atomic E-state index is -5.18. The average Bonchev–Trinajstić information content (AvgIpc) is 2.77. The highest BCUT2D eigenvalue weighted by molar-refractivity contribution is 6.08. The summed E-state index contributed by atoms with van der Waals surface area (Å²) in [5.41, 5.74) is 1.62. The van der Waals surface area contributed by atoms with Crippen molar-refractivity contribution in [1.29, 1.82) is 0 Å². The third kappa shape index (κ3) is 3.14. The van der Waals surface area contributed by atoms with Crippen LogP contribution in [0.15, 0.2) is 48.5 Å². The van der Waals surface area contributed by atoms with E-state index in [0.29, 0.717) is 46.6 Å². The van der Waals surface area contributed by atoms with Gasteiger partial charge in [0.2, 0.25) is 0 Å². The van der Waals surface area contributed by atoms with E-state index >= 15 is 0 Å². The second-order valence-electron chi connectivity index (χ2n) is 7.53. The first-order valence-electron chi connectivity index (χ1n) is 9.80. The Balaban J connectivity index is 1.65. The number of hydrogen-bond acceptors (Lipinski definition) is 2. The number of para-hydroxylation sites is 2. The van der Waals surface area contributed by atoms with Crippen LogP contribution in [0.1, 0.15) is 24.0 Å². The number of amides is 2. The summed E-state index contributed by atoms with van der Waals surface area (Å²) in [6, 6.07) is 12.7. The van der Waals surface area contributed by atoms with Crippen LogP contribution in [0.4, 0.5) is 28.9 Å². The van der Waals surface area contributed by atoms with E-state index in [0.717, 1.165) is 0 Å². The number of halogens is 4. The van der Waals surface area contributed by atoms with Crippen LogP contribution in [0.3, 0.4) is 0 Å². The quantitative estimate of drug-likeness (QED) is 0.698. The van der Waals surface area contributed by atoms with Crippen LogP contribution >= 0.6 is 0 Å². The Kier molecular flexibility index (Phi) is 5.03. The molecule has 158 valence electrons. The predicted octanol–water partition coefficient (Wildman–Crippen LogP) is 4.22. The molecule has 0 fully saturated rings. The molecule has 8 heteroatoms. The second-order valence-corrected chi connectivity index (χ2v) is 7.53. The number of aryl methyl sites for hydroxylation is 2. The maximum Gasteiger partial charge on any atom is 0.396 e. The van der Waals surface area contributed by atoms with Crippen molar-refractivity contribution in [2.24, 2.45) is 0 Å². The van der Waals surface area contributed by atoms with Crippen molar-refractivity contribution >= 4 is 23.2 Å². The zero-order valence-corrected chi connectivity index (χ0v) is 16.1. The van der Waals surface area contributed by atoms with Gasteiger partial charge in [-0.1, -0.05) is 36.4 Å². The Hall–Kier alpha value is -2.90. The average molecular weight is 420 g/mol. The fourth-order valence-electron chi connectivity index (χ4n) is 4.10. The van der Waals surface area contributed by atoms with Gasteiger partial charge in [0.05, 0.1) is 0 Å². The van der Waals surface area contributed by atoms with Crippen molar-refractivity contribution in [3.63, 3.8) is 0 Å². The molecule has 2 aliphatic heterocycles. The fraction of sp³-hybridized carbons (Fsp3) is 0.364. The van der Waals surface area contributed by atoms with Crippen molar-refractivity contribution in [3.05, 3.63) is 59.7 Å². The van der Waals surface area contributed by atoms with Gasteiger partial charge in [-0.25, -0.2) is 0 Å². The monoisotopic (exact) mass is 420 g/mol. The second kappa shape index (κ2) is 7.41. The van der Waals surface area contributed by atoms with Crippen molar-refractivity contribution in [2.45, 2.75) is 37.5 Å². The Bertz CT molecular complexity index is 913. The topological polar surface area (TPSA) is 40.6 Å². The molecule has 0 N–H and O–H groups in total. The zero-order valence-electron chi connectivity index (χ0n) is 16.1. The van der Waals surface area contributed by atoms with Gasteiger partial charge >= 0.3 is 23.7 Å². The van der Waals surface area contributed by atoms with Crippen molar-refractivity contribution in [2.75, 3.05) is 22.9 Å². The largest absolute Gasteiger partial charge is 0.396 e. The van der Waals surface area contributed by atoms with Gasteiger partial charge in [0.1, 0.15) is 0 Å². The highest BCUT2D eigenvalue weighted by Gasteiger charge is 2.69. The predicted molar refractivity (Wildman–Crippen MR) is 104 cm³/mol. The maximum atomic E-state index is 14.9. The summed E-state index contributed by atoms with van der Waals surface area (Å²) in [7, 11) is 0. The van der Waals surface area contributed by atoms with Gasteiger partial charge < -0.3 is 9.80 Å². The number of carbonyl (C=O) groups excluding carboxylic acids is 2. The van der Waals surface area contributed by atoms with E-state index in [1.807, 2.05) is 0 Å². The van der Waals surface area contributed by atoms with Crippen molar-refractivity contribution in [1.82, 2.24) is 0 Å². The lowest BCUT2D eigenvalue weighted by atomic mass is 9.98. The minimum absolute atomic E-state index is 0.109. The molecule has 30 heavy (non-hydrogen) atoms. The molecule has 2 aliphatic rings. The summed E-state index contributed by atoms with van der Waals surface area (Å²) < 4.78 is 59.5. The van der Waals surface area contributed by atoms with Gasteiger partial charge in [0.25, 0.3) is 0 Å². The molecule has 2 amide bonds. The van der Waals surface area contributed by atoms with E-state index in [1.54, 1.807) is 36.4 Å². The highest BCUT2D eigenvalue weighted by Crippen LogP contribution is 2.41. The van der Waals surface area contributed by atoms with Crippen molar-refractivity contribution in [3.8, 4) is 0 Å². The Morgan fingerprint density at radius 1 is 0.667 bits per heavy atom. The molecular weight excluding hydrogens is 400 g/mol. The molecule has 0 atom stereocenters. The molecule has 0 saturated carbocycles. The lowest BCUT2D eigenvalue weighted by Crippen LogP contribution is -2.62.